The molecule has 0 amide bonds. The van der Waals surface area contributed by atoms with Gasteiger partial charge in [-0.15, -0.1) is 11.3 Å². The van der Waals surface area contributed by atoms with Crippen LogP contribution in [0.4, 0.5) is 13.2 Å². The maximum atomic E-state index is 12.9. The lowest BCUT2D eigenvalue weighted by Gasteiger charge is -2.17. The molecule has 4 nitrogen and oxygen atoms in total. The van der Waals surface area contributed by atoms with E-state index in [4.69, 9.17) is 14.8 Å². The standard InChI is InChI=1S/C25H26F3NO3S/c1-14(2)22-23(33-24(29-22)18-5-9-19(10-6-18)25(26,27)28)16(4)32-20-11-7-17(15(3)13-20)8-12-21(30)31/h5-7,9-11,13-14,16H,8,12H2,1-4H3,(H,30,31)/t16-/m0/s1. The molecule has 8 heteroatoms. The summed E-state index contributed by atoms with van der Waals surface area (Å²) in [7, 11) is 0. The summed E-state index contributed by atoms with van der Waals surface area (Å²) in [6.45, 7) is 7.87. The van der Waals surface area contributed by atoms with Gasteiger partial charge in [-0.05, 0) is 61.6 Å². The summed E-state index contributed by atoms with van der Waals surface area (Å²) >= 11 is 1.42. The number of hydrogen-bond acceptors (Lipinski definition) is 4. The van der Waals surface area contributed by atoms with Gasteiger partial charge in [0, 0.05) is 12.0 Å². The molecule has 0 aliphatic heterocycles. The van der Waals surface area contributed by atoms with Crippen molar-refractivity contribution < 1.29 is 27.8 Å². The quantitative estimate of drug-likeness (QED) is 0.367. The molecule has 0 unspecified atom stereocenters. The molecule has 3 rings (SSSR count). The molecule has 176 valence electrons. The number of halogens is 3. The molecule has 0 bridgehead atoms. The lowest BCUT2D eigenvalue weighted by Crippen LogP contribution is -2.06. The average molecular weight is 478 g/mol. The van der Waals surface area contributed by atoms with Gasteiger partial charge < -0.3 is 9.84 Å². The summed E-state index contributed by atoms with van der Waals surface area (Å²) in [6, 6.07) is 10.6. The number of carboxylic acid groups (broad SMARTS) is 1. The summed E-state index contributed by atoms with van der Waals surface area (Å²) in [5, 5.41) is 9.54. The molecule has 1 heterocycles. The third-order valence-corrected chi connectivity index (χ3v) is 6.57. The van der Waals surface area contributed by atoms with Crippen LogP contribution in [0.2, 0.25) is 0 Å². The Bertz CT molecular complexity index is 1120. The number of nitrogens with zero attached hydrogens (tertiary/aromatic N) is 1. The van der Waals surface area contributed by atoms with Crippen molar-refractivity contribution in [1.82, 2.24) is 4.98 Å². The lowest BCUT2D eigenvalue weighted by atomic mass is 10.0. The maximum absolute atomic E-state index is 12.9. The number of rotatable bonds is 8. The molecule has 2 aromatic carbocycles. The van der Waals surface area contributed by atoms with Crippen LogP contribution in [0, 0.1) is 6.92 Å². The average Bonchev–Trinajstić information content (AvgIpc) is 3.18. The van der Waals surface area contributed by atoms with E-state index in [1.54, 1.807) is 0 Å². The molecule has 1 aromatic heterocycles. The van der Waals surface area contributed by atoms with E-state index in [1.165, 1.54) is 23.5 Å². The number of ether oxygens (including phenoxy) is 1. The van der Waals surface area contributed by atoms with Crippen molar-refractivity contribution in [3.63, 3.8) is 0 Å². The predicted molar refractivity (Wildman–Crippen MR) is 123 cm³/mol. The van der Waals surface area contributed by atoms with Gasteiger partial charge in [-0.1, -0.05) is 32.0 Å². The number of alkyl halides is 3. The van der Waals surface area contributed by atoms with Crippen molar-refractivity contribution in [1.29, 1.82) is 0 Å². The Hall–Kier alpha value is -2.87. The molecule has 1 atom stereocenters. The van der Waals surface area contributed by atoms with Crippen LogP contribution in [0.1, 0.15) is 66.5 Å². The minimum Gasteiger partial charge on any atom is -0.485 e. The zero-order chi connectivity index (χ0) is 24.3. The van der Waals surface area contributed by atoms with Gasteiger partial charge in [0.1, 0.15) is 16.9 Å². The number of hydrogen-bond donors (Lipinski definition) is 1. The molecule has 0 radical (unpaired) electrons. The van der Waals surface area contributed by atoms with Crippen molar-refractivity contribution in [2.75, 3.05) is 0 Å². The van der Waals surface area contributed by atoms with Crippen LogP contribution < -0.4 is 4.74 Å². The number of carboxylic acids is 1. The SMILES string of the molecule is Cc1cc(O[C@@H](C)c2sc(-c3ccc(C(F)(F)F)cc3)nc2C(C)C)ccc1CCC(=O)O. The topological polar surface area (TPSA) is 59.4 Å². The molecular weight excluding hydrogens is 451 g/mol. The van der Waals surface area contributed by atoms with Gasteiger partial charge in [0.25, 0.3) is 0 Å². The fourth-order valence-electron chi connectivity index (χ4n) is 3.50. The molecule has 0 aliphatic rings. The second-order valence-electron chi connectivity index (χ2n) is 8.24. The van der Waals surface area contributed by atoms with E-state index in [0.29, 0.717) is 22.7 Å². The second-order valence-corrected chi connectivity index (χ2v) is 9.27. The molecule has 0 saturated carbocycles. The smallest absolute Gasteiger partial charge is 0.416 e. The first-order valence-corrected chi connectivity index (χ1v) is 11.4. The third-order valence-electron chi connectivity index (χ3n) is 5.29. The fraction of sp³-hybridized carbons (Fsp3) is 0.360. The van der Waals surface area contributed by atoms with E-state index in [0.717, 1.165) is 33.8 Å². The first-order chi connectivity index (χ1) is 15.5. The number of aliphatic carboxylic acids is 1. The van der Waals surface area contributed by atoms with Crippen LogP contribution in [0.15, 0.2) is 42.5 Å². The molecule has 0 aliphatic carbocycles. The monoisotopic (exact) mass is 477 g/mol. The molecular formula is C25H26F3NO3S. The summed E-state index contributed by atoms with van der Waals surface area (Å²) in [4.78, 5) is 16.5. The fourth-order valence-corrected chi connectivity index (χ4v) is 4.70. The number of thiazole rings is 1. The van der Waals surface area contributed by atoms with Gasteiger partial charge in [-0.2, -0.15) is 13.2 Å². The van der Waals surface area contributed by atoms with Crippen molar-refractivity contribution >= 4 is 17.3 Å². The van der Waals surface area contributed by atoms with E-state index >= 15 is 0 Å². The minimum absolute atomic E-state index is 0.0722. The normalized spacial score (nSPS) is 12.7. The second kappa shape index (κ2) is 9.95. The Morgan fingerprint density at radius 3 is 2.33 bits per heavy atom. The van der Waals surface area contributed by atoms with Crippen LogP contribution in [0.3, 0.4) is 0 Å². The first kappa shape index (κ1) is 24.8. The van der Waals surface area contributed by atoms with Crippen LogP contribution in [0.5, 0.6) is 5.75 Å². The van der Waals surface area contributed by atoms with E-state index in [9.17, 15) is 18.0 Å². The molecule has 3 aromatic rings. The predicted octanol–water partition coefficient (Wildman–Crippen LogP) is 7.42. The van der Waals surface area contributed by atoms with E-state index < -0.39 is 17.7 Å². The van der Waals surface area contributed by atoms with Gasteiger partial charge >= 0.3 is 12.1 Å². The number of aromatic nitrogens is 1. The summed E-state index contributed by atoms with van der Waals surface area (Å²) in [5.41, 5.74) is 2.72. The van der Waals surface area contributed by atoms with Crippen molar-refractivity contribution in [2.24, 2.45) is 0 Å². The number of benzene rings is 2. The highest BCUT2D eigenvalue weighted by Crippen LogP contribution is 2.38. The largest absolute Gasteiger partial charge is 0.485 e. The number of aryl methyl sites for hydroxylation is 2. The molecule has 0 spiro atoms. The zero-order valence-electron chi connectivity index (χ0n) is 18.9. The zero-order valence-corrected chi connectivity index (χ0v) is 19.7. The highest BCUT2D eigenvalue weighted by molar-refractivity contribution is 7.15. The minimum atomic E-state index is -4.38. The maximum Gasteiger partial charge on any atom is 0.416 e. The van der Waals surface area contributed by atoms with Gasteiger partial charge in [-0.25, -0.2) is 4.98 Å². The Morgan fingerprint density at radius 1 is 1.12 bits per heavy atom. The molecule has 0 fully saturated rings. The van der Waals surface area contributed by atoms with Crippen LogP contribution in [-0.4, -0.2) is 16.1 Å². The Morgan fingerprint density at radius 2 is 1.79 bits per heavy atom. The highest BCUT2D eigenvalue weighted by atomic mass is 32.1. The van der Waals surface area contributed by atoms with Gasteiger partial charge in [-0.3, -0.25) is 4.79 Å². The van der Waals surface area contributed by atoms with E-state index in [2.05, 4.69) is 0 Å². The van der Waals surface area contributed by atoms with Crippen LogP contribution in [-0.2, 0) is 17.4 Å². The Labute approximate surface area is 195 Å². The van der Waals surface area contributed by atoms with Crippen molar-refractivity contribution in [2.45, 2.75) is 58.7 Å². The third kappa shape index (κ3) is 6.13. The van der Waals surface area contributed by atoms with Gasteiger partial charge in [0.2, 0.25) is 0 Å². The summed E-state index contributed by atoms with van der Waals surface area (Å²) < 4.78 is 44.8. The van der Waals surface area contributed by atoms with Gasteiger partial charge in [0.15, 0.2) is 0 Å². The molecule has 33 heavy (non-hydrogen) atoms. The molecule has 1 N–H and O–H groups in total. The van der Waals surface area contributed by atoms with E-state index in [1.807, 2.05) is 45.9 Å². The van der Waals surface area contributed by atoms with Gasteiger partial charge in [0.05, 0.1) is 16.1 Å². The molecule has 0 saturated heterocycles. The first-order valence-electron chi connectivity index (χ1n) is 10.6. The summed E-state index contributed by atoms with van der Waals surface area (Å²) in [5.74, 6) is -0.0532. The van der Waals surface area contributed by atoms with E-state index in [-0.39, 0.29) is 18.4 Å². The lowest BCUT2D eigenvalue weighted by molar-refractivity contribution is -0.138. The van der Waals surface area contributed by atoms with Crippen molar-refractivity contribution in [3.05, 3.63) is 69.7 Å². The Kier molecular flexibility index (Phi) is 7.47. The van der Waals surface area contributed by atoms with Crippen LogP contribution in [0.25, 0.3) is 10.6 Å². The van der Waals surface area contributed by atoms with Crippen molar-refractivity contribution in [3.8, 4) is 16.3 Å². The number of carbonyl (C=O) groups is 1. The highest BCUT2D eigenvalue weighted by Gasteiger charge is 2.30. The summed E-state index contributed by atoms with van der Waals surface area (Å²) in [6.07, 6.45) is -4.16. The van der Waals surface area contributed by atoms with Crippen LogP contribution >= 0.6 is 11.3 Å². The Balaban J connectivity index is 1.83.